The number of hydrogen-bond acceptors (Lipinski definition) is 11. The summed E-state index contributed by atoms with van der Waals surface area (Å²) in [6.07, 6.45) is 2.29. The molecule has 2 fully saturated rings. The summed E-state index contributed by atoms with van der Waals surface area (Å²) < 4.78 is 59.5. The van der Waals surface area contributed by atoms with Crippen LogP contribution >= 0.6 is 0 Å². The van der Waals surface area contributed by atoms with Gasteiger partial charge in [-0.1, -0.05) is 6.07 Å². The van der Waals surface area contributed by atoms with Crippen LogP contribution in [0.4, 0.5) is 10.3 Å². The minimum absolute atomic E-state index is 0.0325. The van der Waals surface area contributed by atoms with Crippen LogP contribution in [0.15, 0.2) is 30.6 Å². The molecule has 0 saturated carbocycles. The summed E-state index contributed by atoms with van der Waals surface area (Å²) >= 11 is 0. The molecule has 2 saturated heterocycles. The maximum absolute atomic E-state index is 13.7. The number of ether oxygens (including phenoxy) is 3. The molecule has 4 heterocycles. The zero-order valence-corrected chi connectivity index (χ0v) is 21.8. The van der Waals surface area contributed by atoms with Crippen molar-refractivity contribution in [2.75, 3.05) is 38.8 Å². The van der Waals surface area contributed by atoms with Crippen LogP contribution in [0, 0.1) is 5.82 Å². The summed E-state index contributed by atoms with van der Waals surface area (Å²) in [6.45, 7) is 0.737. The molecule has 14 heteroatoms. The van der Waals surface area contributed by atoms with Gasteiger partial charge in [-0.15, -0.1) is 10.2 Å². The Morgan fingerprint density at radius 2 is 1.84 bits per heavy atom. The van der Waals surface area contributed by atoms with Crippen molar-refractivity contribution < 1.29 is 32.1 Å². The fourth-order valence-corrected chi connectivity index (χ4v) is 6.63. The van der Waals surface area contributed by atoms with Crippen molar-refractivity contribution in [1.82, 2.24) is 24.7 Å². The van der Waals surface area contributed by atoms with E-state index in [1.54, 1.807) is 27.7 Å². The Kier molecular flexibility index (Phi) is 7.45. The highest BCUT2D eigenvalue weighted by Crippen LogP contribution is 2.38. The van der Waals surface area contributed by atoms with Gasteiger partial charge in [-0.2, -0.15) is 0 Å². The van der Waals surface area contributed by atoms with Crippen molar-refractivity contribution in [3.05, 3.63) is 48.1 Å². The fraction of sp³-hybridized carbons (Fsp3) is 0.500. The Labute approximate surface area is 219 Å². The maximum Gasteiger partial charge on any atom is 0.225 e. The molecule has 1 aromatic carbocycles. The highest BCUT2D eigenvalue weighted by Gasteiger charge is 2.38. The van der Waals surface area contributed by atoms with E-state index >= 15 is 0 Å². The van der Waals surface area contributed by atoms with Gasteiger partial charge in [0.25, 0.3) is 0 Å². The molecule has 0 bridgehead atoms. The third-order valence-corrected chi connectivity index (χ3v) is 8.73. The van der Waals surface area contributed by atoms with Crippen molar-refractivity contribution in [1.29, 1.82) is 0 Å². The zero-order valence-electron chi connectivity index (χ0n) is 21.0. The Balaban J connectivity index is 1.51. The summed E-state index contributed by atoms with van der Waals surface area (Å²) in [4.78, 5) is 9.43. The van der Waals surface area contributed by atoms with Gasteiger partial charge in [-0.3, -0.25) is 4.57 Å². The summed E-state index contributed by atoms with van der Waals surface area (Å²) in [6, 6.07) is 5.25. The molecule has 5 rings (SSSR count). The lowest BCUT2D eigenvalue weighted by atomic mass is 10.1. The molecule has 0 aliphatic carbocycles. The molecule has 2 aromatic heterocycles. The number of methoxy groups -OCH3 is 2. The van der Waals surface area contributed by atoms with E-state index in [4.69, 9.17) is 14.2 Å². The van der Waals surface area contributed by atoms with Crippen LogP contribution in [0.25, 0.3) is 5.69 Å². The minimum Gasteiger partial charge on any atom is -0.494 e. The van der Waals surface area contributed by atoms with E-state index in [-0.39, 0.29) is 37.4 Å². The molecule has 3 atom stereocenters. The number of sulfone groups is 1. The number of halogens is 1. The number of benzene rings is 1. The van der Waals surface area contributed by atoms with Crippen LogP contribution in [-0.2, 0) is 20.3 Å². The highest BCUT2D eigenvalue weighted by atomic mass is 32.2. The smallest absolute Gasteiger partial charge is 0.225 e. The van der Waals surface area contributed by atoms with Crippen LogP contribution in [0.1, 0.15) is 37.0 Å². The minimum atomic E-state index is -3.88. The largest absolute Gasteiger partial charge is 0.494 e. The van der Waals surface area contributed by atoms with Crippen molar-refractivity contribution in [3.8, 4) is 17.2 Å². The number of aromatic nitrogens is 5. The molecular weight excluding hydrogens is 519 g/mol. The first-order chi connectivity index (χ1) is 18.3. The van der Waals surface area contributed by atoms with Gasteiger partial charge in [0.05, 0.1) is 38.0 Å². The van der Waals surface area contributed by atoms with Gasteiger partial charge in [0.15, 0.2) is 27.3 Å². The molecular formula is C24H29FN6O6S. The highest BCUT2D eigenvalue weighted by molar-refractivity contribution is 7.91. The van der Waals surface area contributed by atoms with E-state index in [1.165, 1.54) is 14.2 Å². The van der Waals surface area contributed by atoms with Gasteiger partial charge in [0.1, 0.15) is 29.0 Å². The van der Waals surface area contributed by atoms with E-state index in [0.29, 0.717) is 36.0 Å². The zero-order chi connectivity index (χ0) is 26.9. The van der Waals surface area contributed by atoms with Gasteiger partial charge >= 0.3 is 0 Å². The first-order valence-electron chi connectivity index (χ1n) is 12.2. The van der Waals surface area contributed by atoms with E-state index < -0.39 is 32.8 Å². The van der Waals surface area contributed by atoms with Gasteiger partial charge < -0.3 is 24.2 Å². The normalized spacial score (nSPS) is 22.0. The third kappa shape index (κ3) is 5.15. The Morgan fingerprint density at radius 3 is 2.47 bits per heavy atom. The van der Waals surface area contributed by atoms with Crippen molar-refractivity contribution in [2.45, 2.75) is 42.5 Å². The summed E-state index contributed by atoms with van der Waals surface area (Å²) in [7, 11) is -0.847. The molecule has 3 aromatic rings. The van der Waals surface area contributed by atoms with Crippen LogP contribution < -0.4 is 14.4 Å². The predicted octanol–water partition coefficient (Wildman–Crippen LogP) is 1.62. The van der Waals surface area contributed by atoms with E-state index in [0.717, 1.165) is 18.8 Å². The van der Waals surface area contributed by atoms with Crippen molar-refractivity contribution in [2.24, 2.45) is 0 Å². The molecule has 2 aliphatic heterocycles. The van der Waals surface area contributed by atoms with E-state index in [1.807, 2.05) is 0 Å². The number of nitrogens with zero attached hydrogens (tertiary/aromatic N) is 6. The van der Waals surface area contributed by atoms with Crippen LogP contribution in [0.2, 0.25) is 0 Å². The molecule has 12 nitrogen and oxygen atoms in total. The standard InChI is InChI=1S/C24H29FN6O6S/c1-35-18-5-3-6-19(36-2)22(18)31-21(28-29-23(31)20-7-4-8-37-20)14-38(33,34)17-9-16(32)12-30(13-17)24-26-10-15(25)11-27-24/h3,5-6,10-11,16-17,20,32H,4,7-9,12-14H2,1-2H3/t16-,17+,20+/m0/s1. The third-order valence-electron chi connectivity index (χ3n) is 6.72. The van der Waals surface area contributed by atoms with Gasteiger partial charge in [-0.05, 0) is 31.4 Å². The monoisotopic (exact) mass is 548 g/mol. The number of hydrogen-bond donors (Lipinski definition) is 1. The lowest BCUT2D eigenvalue weighted by molar-refractivity contribution is 0.103. The molecule has 2 aliphatic rings. The maximum atomic E-state index is 13.7. The van der Waals surface area contributed by atoms with E-state index in [9.17, 15) is 17.9 Å². The number of para-hydroxylation sites is 1. The average molecular weight is 549 g/mol. The quantitative estimate of drug-likeness (QED) is 0.439. The summed E-state index contributed by atoms with van der Waals surface area (Å²) in [5, 5.41) is 18.2. The van der Waals surface area contributed by atoms with Crippen LogP contribution in [-0.4, -0.2) is 83.5 Å². The Morgan fingerprint density at radius 1 is 1.13 bits per heavy atom. The van der Waals surface area contributed by atoms with Gasteiger partial charge in [0.2, 0.25) is 5.95 Å². The van der Waals surface area contributed by atoms with Crippen LogP contribution in [0.3, 0.4) is 0 Å². The molecule has 204 valence electrons. The topological polar surface area (TPSA) is 142 Å². The summed E-state index contributed by atoms with van der Waals surface area (Å²) in [5.41, 5.74) is 0.475. The number of piperidine rings is 1. The van der Waals surface area contributed by atoms with Crippen molar-refractivity contribution in [3.63, 3.8) is 0 Å². The summed E-state index contributed by atoms with van der Waals surface area (Å²) in [5.74, 6) is 0.619. The lowest BCUT2D eigenvalue weighted by Gasteiger charge is -2.35. The van der Waals surface area contributed by atoms with Gasteiger partial charge in [-0.25, -0.2) is 22.8 Å². The fourth-order valence-electron chi connectivity index (χ4n) is 4.93. The molecule has 1 N–H and O–H groups in total. The SMILES string of the molecule is COc1cccc(OC)c1-n1c(CS(=O)(=O)[C@@H]2C[C@H](O)CN(c3ncc(F)cn3)C2)nnc1[C@H]1CCCO1. The van der Waals surface area contributed by atoms with Crippen molar-refractivity contribution >= 4 is 15.8 Å². The number of aliphatic hydroxyl groups is 1. The molecule has 0 radical (unpaired) electrons. The number of rotatable bonds is 8. The number of β-amino-alcohol motifs (C(OH)–C–C–N with tert-alkyl or cyclic N) is 1. The number of aliphatic hydroxyl groups excluding tert-OH is 1. The first-order valence-corrected chi connectivity index (χ1v) is 13.9. The Hall–Kier alpha value is -3.36. The predicted molar refractivity (Wildman–Crippen MR) is 134 cm³/mol. The van der Waals surface area contributed by atoms with E-state index in [2.05, 4.69) is 20.2 Å². The molecule has 0 unspecified atom stereocenters. The molecule has 38 heavy (non-hydrogen) atoms. The molecule has 0 spiro atoms. The molecule has 0 amide bonds. The first kappa shape index (κ1) is 26.3. The Bertz CT molecular complexity index is 1360. The number of anilines is 1. The second-order valence-corrected chi connectivity index (χ2v) is 11.5. The second kappa shape index (κ2) is 10.8. The average Bonchev–Trinajstić information content (AvgIpc) is 3.58. The van der Waals surface area contributed by atoms with Crippen LogP contribution in [0.5, 0.6) is 11.5 Å². The second-order valence-electron chi connectivity index (χ2n) is 9.25. The van der Waals surface area contributed by atoms with Gasteiger partial charge in [0, 0.05) is 19.7 Å². The lowest BCUT2D eigenvalue weighted by Crippen LogP contribution is -2.49.